The summed E-state index contributed by atoms with van der Waals surface area (Å²) in [6, 6.07) is 8.86. The molecule has 0 bridgehead atoms. The molecule has 1 heterocycles. The second-order valence-corrected chi connectivity index (χ2v) is 6.42. The molecular weight excluding hydrogens is 344 g/mol. The van der Waals surface area contributed by atoms with Gasteiger partial charge in [0.15, 0.2) is 5.43 Å². The highest BCUT2D eigenvalue weighted by Gasteiger charge is 2.12. The quantitative estimate of drug-likeness (QED) is 0.749. The van der Waals surface area contributed by atoms with Gasteiger partial charge < -0.3 is 23.7 Å². The minimum Gasteiger partial charge on any atom is -0.377 e. The van der Waals surface area contributed by atoms with Crippen LogP contribution in [0.25, 0.3) is 0 Å². The minimum absolute atomic E-state index is 0.0183. The van der Waals surface area contributed by atoms with Crippen molar-refractivity contribution >= 4 is 11.8 Å². The molecule has 2 rings (SSSR count). The van der Waals surface area contributed by atoms with Gasteiger partial charge in [0.25, 0.3) is 0 Å². The van der Waals surface area contributed by atoms with E-state index in [1.165, 1.54) is 11.8 Å². The van der Waals surface area contributed by atoms with Crippen LogP contribution in [0.15, 0.2) is 40.0 Å². The van der Waals surface area contributed by atoms with E-state index in [-0.39, 0.29) is 11.5 Å². The molecule has 7 heteroatoms. The van der Waals surface area contributed by atoms with E-state index in [0.717, 1.165) is 0 Å². The van der Waals surface area contributed by atoms with Crippen molar-refractivity contribution < 1.29 is 23.7 Å². The lowest BCUT2D eigenvalue weighted by Gasteiger charge is -2.17. The highest BCUT2D eigenvalue weighted by molar-refractivity contribution is 7.99. The molecule has 6 nitrogen and oxygen atoms in total. The van der Waals surface area contributed by atoms with Gasteiger partial charge in [-0.3, -0.25) is 4.79 Å². The Hall–Kier alpha value is -0.960. The molecule has 0 radical (unpaired) electrons. The number of hydrogen-bond acceptors (Lipinski definition) is 7. The summed E-state index contributed by atoms with van der Waals surface area (Å²) >= 11 is 1.49. The van der Waals surface area contributed by atoms with Gasteiger partial charge in [-0.15, -0.1) is 11.8 Å². The summed E-state index contributed by atoms with van der Waals surface area (Å²) in [7, 11) is 0. The average Bonchev–Trinajstić information content (AvgIpc) is 2.83. The molecule has 1 saturated heterocycles. The Kier molecular flexibility index (Phi) is 10.8. The maximum atomic E-state index is 12.0. The van der Waals surface area contributed by atoms with E-state index in [1.54, 1.807) is 12.1 Å². The first kappa shape index (κ1) is 20.4. The maximum absolute atomic E-state index is 12.0. The van der Waals surface area contributed by atoms with Crippen LogP contribution in [0.1, 0.15) is 0 Å². The number of hydrogen-bond donors (Lipinski definition) is 0. The first-order valence-electron chi connectivity index (χ1n) is 8.51. The molecule has 1 atom stereocenters. The van der Waals surface area contributed by atoms with Crippen LogP contribution < -0.4 is 5.43 Å². The van der Waals surface area contributed by atoms with E-state index in [0.29, 0.717) is 70.1 Å². The first-order valence-corrected chi connectivity index (χ1v) is 9.49. The fourth-order valence-electron chi connectivity index (χ4n) is 2.11. The normalized spacial score (nSPS) is 21.8. The third-order valence-electron chi connectivity index (χ3n) is 3.39. The van der Waals surface area contributed by atoms with E-state index in [9.17, 15) is 4.79 Å². The summed E-state index contributed by atoms with van der Waals surface area (Å²) in [5.41, 5.74) is 0.0183. The summed E-state index contributed by atoms with van der Waals surface area (Å²) in [6.07, 6.45) is -0.111. The fourth-order valence-corrected chi connectivity index (χ4v) is 3.05. The molecule has 1 aromatic carbocycles. The molecule has 140 valence electrons. The van der Waals surface area contributed by atoms with Gasteiger partial charge in [-0.2, -0.15) is 0 Å². The van der Waals surface area contributed by atoms with E-state index in [4.69, 9.17) is 23.7 Å². The van der Waals surface area contributed by atoms with Crippen molar-refractivity contribution in [1.29, 1.82) is 0 Å². The molecule has 1 aliphatic heterocycles. The highest BCUT2D eigenvalue weighted by atomic mass is 32.2. The van der Waals surface area contributed by atoms with Crippen molar-refractivity contribution in [3.05, 3.63) is 40.6 Å². The Morgan fingerprint density at radius 2 is 1.40 bits per heavy atom. The molecule has 1 aromatic rings. The van der Waals surface area contributed by atoms with Crippen molar-refractivity contribution in [3.63, 3.8) is 0 Å². The van der Waals surface area contributed by atoms with Gasteiger partial charge in [0.2, 0.25) is 0 Å². The SMILES string of the molecule is O=c1cccccc1SCC1COCCOCCOCCOCCO1. The van der Waals surface area contributed by atoms with Gasteiger partial charge in [0, 0.05) is 5.75 Å². The molecule has 0 spiro atoms. The second kappa shape index (κ2) is 13.3. The Bertz CT molecular complexity index is 511. The summed E-state index contributed by atoms with van der Waals surface area (Å²) in [4.78, 5) is 12.7. The second-order valence-electron chi connectivity index (χ2n) is 5.36. The Morgan fingerprint density at radius 1 is 0.800 bits per heavy atom. The zero-order valence-corrected chi connectivity index (χ0v) is 15.2. The third-order valence-corrected chi connectivity index (χ3v) is 4.57. The molecule has 0 saturated carbocycles. The van der Waals surface area contributed by atoms with Crippen LogP contribution in [0.5, 0.6) is 0 Å². The van der Waals surface area contributed by atoms with E-state index < -0.39 is 0 Å². The van der Waals surface area contributed by atoms with Crippen molar-refractivity contribution in [2.24, 2.45) is 0 Å². The van der Waals surface area contributed by atoms with Gasteiger partial charge in [0.1, 0.15) is 0 Å². The molecule has 1 fully saturated rings. The minimum atomic E-state index is -0.111. The lowest BCUT2D eigenvalue weighted by Crippen LogP contribution is -2.26. The van der Waals surface area contributed by atoms with Crippen LogP contribution in [0, 0.1) is 0 Å². The standard InChI is InChI=1S/C18H26O6S/c19-17-4-2-1-3-5-18(17)25-15-16-14-23-11-10-21-7-6-20-8-9-22-12-13-24-16/h1-5,16H,6-15H2. The Labute approximate surface area is 152 Å². The van der Waals surface area contributed by atoms with E-state index in [2.05, 4.69) is 0 Å². The van der Waals surface area contributed by atoms with Crippen LogP contribution in [-0.2, 0) is 23.7 Å². The summed E-state index contributed by atoms with van der Waals surface area (Å²) in [5.74, 6) is 0.642. The molecule has 25 heavy (non-hydrogen) atoms. The lowest BCUT2D eigenvalue weighted by molar-refractivity contribution is -0.0359. The van der Waals surface area contributed by atoms with Crippen LogP contribution >= 0.6 is 11.8 Å². The summed E-state index contributed by atoms with van der Waals surface area (Å²) in [6.45, 7) is 4.69. The predicted octanol–water partition coefficient (Wildman–Crippen LogP) is 1.60. The molecule has 1 unspecified atom stereocenters. The molecule has 1 aliphatic rings. The summed E-state index contributed by atoms with van der Waals surface area (Å²) < 4.78 is 27.7. The van der Waals surface area contributed by atoms with Gasteiger partial charge >= 0.3 is 0 Å². The zero-order chi connectivity index (χ0) is 17.6. The van der Waals surface area contributed by atoms with Gasteiger partial charge in [-0.25, -0.2) is 0 Å². The van der Waals surface area contributed by atoms with Crippen molar-refractivity contribution in [3.8, 4) is 0 Å². The number of rotatable bonds is 3. The van der Waals surface area contributed by atoms with Crippen LogP contribution in [0.3, 0.4) is 0 Å². The molecule has 0 amide bonds. The largest absolute Gasteiger partial charge is 0.377 e. The van der Waals surface area contributed by atoms with Crippen molar-refractivity contribution in [2.75, 3.05) is 65.2 Å². The molecule has 0 N–H and O–H groups in total. The molecule has 0 aromatic heterocycles. The third kappa shape index (κ3) is 9.34. The number of ether oxygens (including phenoxy) is 5. The highest BCUT2D eigenvalue weighted by Crippen LogP contribution is 2.15. The monoisotopic (exact) mass is 370 g/mol. The van der Waals surface area contributed by atoms with Crippen LogP contribution in [-0.4, -0.2) is 71.3 Å². The van der Waals surface area contributed by atoms with Crippen molar-refractivity contribution in [2.45, 2.75) is 11.0 Å². The maximum Gasteiger partial charge on any atom is 0.192 e. The predicted molar refractivity (Wildman–Crippen MR) is 96.5 cm³/mol. The Morgan fingerprint density at radius 3 is 2.12 bits per heavy atom. The van der Waals surface area contributed by atoms with E-state index in [1.807, 2.05) is 18.2 Å². The average molecular weight is 370 g/mol. The lowest BCUT2D eigenvalue weighted by atomic mass is 10.4. The van der Waals surface area contributed by atoms with Crippen LogP contribution in [0.4, 0.5) is 0 Å². The van der Waals surface area contributed by atoms with Gasteiger partial charge in [-0.05, 0) is 12.1 Å². The van der Waals surface area contributed by atoms with Gasteiger partial charge in [0.05, 0.1) is 70.5 Å². The smallest absolute Gasteiger partial charge is 0.192 e. The molecular formula is C18H26O6S. The zero-order valence-electron chi connectivity index (χ0n) is 14.4. The topological polar surface area (TPSA) is 63.2 Å². The first-order chi connectivity index (χ1) is 12.4. The summed E-state index contributed by atoms with van der Waals surface area (Å²) in [5, 5.41) is 0. The number of thioether (sulfide) groups is 1. The van der Waals surface area contributed by atoms with Crippen molar-refractivity contribution in [1.82, 2.24) is 0 Å². The Balaban J connectivity index is 1.82. The fraction of sp³-hybridized carbons (Fsp3) is 0.611. The van der Waals surface area contributed by atoms with Crippen LogP contribution in [0.2, 0.25) is 0 Å². The molecule has 0 aliphatic carbocycles. The van der Waals surface area contributed by atoms with Gasteiger partial charge in [-0.1, -0.05) is 18.2 Å². The van der Waals surface area contributed by atoms with E-state index >= 15 is 0 Å².